The molecule has 1 aromatic heterocycles. The maximum absolute atomic E-state index is 4.70. The van der Waals surface area contributed by atoms with E-state index in [0.717, 1.165) is 17.2 Å². The molecule has 0 spiro atoms. The van der Waals surface area contributed by atoms with Crippen molar-refractivity contribution in [3.63, 3.8) is 0 Å². The van der Waals surface area contributed by atoms with Crippen LogP contribution in [0.3, 0.4) is 0 Å². The van der Waals surface area contributed by atoms with Gasteiger partial charge in [-0.25, -0.2) is 4.98 Å². The van der Waals surface area contributed by atoms with Crippen LogP contribution in [0.2, 0.25) is 0 Å². The highest BCUT2D eigenvalue weighted by molar-refractivity contribution is 7.09. The summed E-state index contributed by atoms with van der Waals surface area (Å²) in [4.78, 5) is 4.70. The van der Waals surface area contributed by atoms with Gasteiger partial charge in [-0.3, -0.25) is 0 Å². The van der Waals surface area contributed by atoms with Crippen LogP contribution in [0, 0.1) is 0 Å². The summed E-state index contributed by atoms with van der Waals surface area (Å²) in [5, 5.41) is 6.75. The van der Waals surface area contributed by atoms with Crippen LogP contribution in [-0.2, 0) is 12.0 Å². The number of nitrogens with one attached hydrogen (secondary N) is 1. The Labute approximate surface area is 126 Å². The lowest BCUT2D eigenvalue weighted by molar-refractivity contribution is 0.571. The lowest BCUT2D eigenvalue weighted by Crippen LogP contribution is -2.11. The van der Waals surface area contributed by atoms with Gasteiger partial charge < -0.3 is 5.32 Å². The smallest absolute Gasteiger partial charge is 0.112 e. The second-order valence-corrected chi connectivity index (χ2v) is 7.45. The minimum absolute atomic E-state index is 0.133. The van der Waals surface area contributed by atoms with E-state index in [0.29, 0.717) is 5.92 Å². The van der Waals surface area contributed by atoms with Gasteiger partial charge in [0.1, 0.15) is 5.01 Å². The first-order chi connectivity index (χ1) is 9.36. The van der Waals surface area contributed by atoms with Crippen molar-refractivity contribution in [1.29, 1.82) is 0 Å². The molecule has 0 fully saturated rings. The molecule has 0 saturated carbocycles. The Kier molecular flexibility index (Phi) is 4.48. The van der Waals surface area contributed by atoms with E-state index in [1.807, 2.05) is 0 Å². The number of thiazole rings is 1. The van der Waals surface area contributed by atoms with Gasteiger partial charge in [0.2, 0.25) is 0 Å². The largest absolute Gasteiger partial charge is 0.379 e. The topological polar surface area (TPSA) is 24.9 Å². The van der Waals surface area contributed by atoms with Crippen LogP contribution in [0.25, 0.3) is 0 Å². The quantitative estimate of drug-likeness (QED) is 0.839. The van der Waals surface area contributed by atoms with Crippen molar-refractivity contribution in [3.8, 4) is 0 Å². The van der Waals surface area contributed by atoms with Gasteiger partial charge in [-0.2, -0.15) is 0 Å². The molecule has 20 heavy (non-hydrogen) atoms. The van der Waals surface area contributed by atoms with E-state index in [1.165, 1.54) is 11.3 Å². The number of benzene rings is 1. The second-order valence-electron chi connectivity index (χ2n) is 6.51. The summed E-state index contributed by atoms with van der Waals surface area (Å²) in [6.45, 7) is 11.8. The molecule has 0 aliphatic rings. The number of hydrogen-bond acceptors (Lipinski definition) is 3. The molecule has 2 rings (SSSR count). The Hall–Kier alpha value is -1.35. The minimum Gasteiger partial charge on any atom is -0.379 e. The summed E-state index contributed by atoms with van der Waals surface area (Å²) in [6, 6.07) is 8.67. The molecule has 1 N–H and O–H groups in total. The van der Waals surface area contributed by atoms with E-state index in [-0.39, 0.29) is 5.41 Å². The summed E-state index contributed by atoms with van der Waals surface area (Å²) < 4.78 is 0. The molecule has 0 radical (unpaired) electrons. The van der Waals surface area contributed by atoms with Crippen LogP contribution in [0.5, 0.6) is 0 Å². The molecule has 0 amide bonds. The van der Waals surface area contributed by atoms with E-state index in [4.69, 9.17) is 4.98 Å². The molecular weight excluding hydrogens is 264 g/mol. The van der Waals surface area contributed by atoms with Gasteiger partial charge in [-0.15, -0.1) is 11.3 Å². The third kappa shape index (κ3) is 3.83. The van der Waals surface area contributed by atoms with Gasteiger partial charge in [0.25, 0.3) is 0 Å². The molecule has 0 aliphatic carbocycles. The molecule has 2 nitrogen and oxygen atoms in total. The number of hydrogen-bond donors (Lipinski definition) is 1. The zero-order valence-electron chi connectivity index (χ0n) is 13.0. The molecular formula is C17H24N2S. The first kappa shape index (κ1) is 15.0. The maximum Gasteiger partial charge on any atom is 0.112 e. The molecule has 1 aromatic carbocycles. The van der Waals surface area contributed by atoms with Crippen molar-refractivity contribution in [2.75, 3.05) is 5.32 Å². The molecule has 3 heteroatoms. The predicted molar refractivity (Wildman–Crippen MR) is 88.7 cm³/mol. The molecule has 1 heterocycles. The van der Waals surface area contributed by atoms with Crippen LogP contribution in [-0.4, -0.2) is 4.98 Å². The Morgan fingerprint density at radius 3 is 2.30 bits per heavy atom. The van der Waals surface area contributed by atoms with Gasteiger partial charge in [0.05, 0.1) is 12.2 Å². The number of nitrogens with zero attached hydrogens (tertiary/aromatic N) is 1. The molecule has 108 valence electrons. The SMILES string of the molecule is CC(C)c1ccc(NCc2nc(C(C)(C)C)cs2)cc1. The first-order valence-electron chi connectivity index (χ1n) is 7.15. The molecule has 0 atom stereocenters. The maximum atomic E-state index is 4.70. The van der Waals surface area contributed by atoms with Gasteiger partial charge in [-0.1, -0.05) is 46.8 Å². The third-order valence-corrected chi connectivity index (χ3v) is 4.19. The Balaban J connectivity index is 1.96. The average Bonchev–Trinajstić information content (AvgIpc) is 2.85. The summed E-state index contributed by atoms with van der Waals surface area (Å²) in [5.41, 5.74) is 3.84. The summed E-state index contributed by atoms with van der Waals surface area (Å²) in [5.74, 6) is 0.581. The summed E-state index contributed by atoms with van der Waals surface area (Å²) in [7, 11) is 0. The van der Waals surface area contributed by atoms with Crippen molar-refractivity contribution in [2.24, 2.45) is 0 Å². The van der Waals surface area contributed by atoms with Crippen molar-refractivity contribution in [1.82, 2.24) is 4.98 Å². The lowest BCUT2D eigenvalue weighted by atomic mass is 9.93. The Bertz CT molecular complexity index is 547. The fourth-order valence-electron chi connectivity index (χ4n) is 1.90. The molecule has 0 bridgehead atoms. The monoisotopic (exact) mass is 288 g/mol. The Morgan fingerprint density at radius 1 is 1.15 bits per heavy atom. The van der Waals surface area contributed by atoms with Gasteiger partial charge >= 0.3 is 0 Å². The fraction of sp³-hybridized carbons (Fsp3) is 0.471. The highest BCUT2D eigenvalue weighted by atomic mass is 32.1. The highest BCUT2D eigenvalue weighted by Crippen LogP contribution is 2.24. The van der Waals surface area contributed by atoms with Crippen molar-refractivity contribution < 1.29 is 0 Å². The summed E-state index contributed by atoms with van der Waals surface area (Å²) >= 11 is 1.73. The Morgan fingerprint density at radius 2 is 1.80 bits per heavy atom. The number of anilines is 1. The normalized spacial score (nSPS) is 11.9. The van der Waals surface area contributed by atoms with Crippen LogP contribution in [0.1, 0.15) is 56.8 Å². The third-order valence-electron chi connectivity index (χ3n) is 3.34. The van der Waals surface area contributed by atoms with E-state index in [9.17, 15) is 0 Å². The van der Waals surface area contributed by atoms with E-state index in [1.54, 1.807) is 11.3 Å². The van der Waals surface area contributed by atoms with Gasteiger partial charge in [0.15, 0.2) is 0 Å². The highest BCUT2D eigenvalue weighted by Gasteiger charge is 2.17. The molecule has 0 unspecified atom stereocenters. The van der Waals surface area contributed by atoms with Crippen LogP contribution >= 0.6 is 11.3 Å². The van der Waals surface area contributed by atoms with Crippen molar-refractivity contribution >= 4 is 17.0 Å². The molecule has 2 aromatic rings. The fourth-order valence-corrected chi connectivity index (χ4v) is 2.86. The molecule has 0 saturated heterocycles. The zero-order valence-corrected chi connectivity index (χ0v) is 13.8. The summed E-state index contributed by atoms with van der Waals surface area (Å²) in [6.07, 6.45) is 0. The van der Waals surface area contributed by atoms with E-state index < -0.39 is 0 Å². The van der Waals surface area contributed by atoms with E-state index >= 15 is 0 Å². The first-order valence-corrected chi connectivity index (χ1v) is 8.03. The van der Waals surface area contributed by atoms with E-state index in [2.05, 4.69) is 69.6 Å². The zero-order chi connectivity index (χ0) is 14.8. The van der Waals surface area contributed by atoms with Crippen LogP contribution in [0.15, 0.2) is 29.6 Å². The number of rotatable bonds is 4. The predicted octanol–water partition coefficient (Wildman–Crippen LogP) is 5.18. The minimum atomic E-state index is 0.133. The second kappa shape index (κ2) is 5.96. The van der Waals surface area contributed by atoms with Gasteiger partial charge in [0, 0.05) is 16.5 Å². The van der Waals surface area contributed by atoms with Crippen LogP contribution in [0.4, 0.5) is 5.69 Å². The average molecular weight is 288 g/mol. The van der Waals surface area contributed by atoms with Crippen LogP contribution < -0.4 is 5.32 Å². The standard InChI is InChI=1S/C17H24N2S/c1-12(2)13-6-8-14(9-7-13)18-10-16-19-15(11-20-16)17(3,4)5/h6-9,11-12,18H,10H2,1-5H3. The lowest BCUT2D eigenvalue weighted by Gasteiger charge is -2.14. The van der Waals surface area contributed by atoms with Gasteiger partial charge in [-0.05, 0) is 23.6 Å². The molecule has 0 aliphatic heterocycles. The van der Waals surface area contributed by atoms with Crippen molar-refractivity contribution in [3.05, 3.63) is 45.9 Å². The number of aromatic nitrogens is 1. The van der Waals surface area contributed by atoms with Crippen molar-refractivity contribution in [2.45, 2.75) is 52.5 Å².